The molecule has 3 heteroatoms. The summed E-state index contributed by atoms with van der Waals surface area (Å²) in [5.41, 5.74) is 3.42. The van der Waals surface area contributed by atoms with E-state index in [0.717, 1.165) is 12.0 Å². The molecule has 1 fully saturated rings. The first-order valence-corrected chi connectivity index (χ1v) is 9.50. The Morgan fingerprint density at radius 3 is 2.54 bits per heavy atom. The van der Waals surface area contributed by atoms with E-state index in [1.165, 1.54) is 16.0 Å². The van der Waals surface area contributed by atoms with Crippen LogP contribution in [0, 0.1) is 12.8 Å². The normalized spacial score (nSPS) is 19.4. The predicted molar refractivity (Wildman–Crippen MR) is 104 cm³/mol. The van der Waals surface area contributed by atoms with Gasteiger partial charge in [-0.15, -0.1) is 0 Å². The molecule has 1 saturated heterocycles. The summed E-state index contributed by atoms with van der Waals surface area (Å²) < 4.78 is 0. The van der Waals surface area contributed by atoms with E-state index in [1.54, 1.807) is 0 Å². The molecular formula is C23H27NO2. The van der Waals surface area contributed by atoms with Crippen molar-refractivity contribution in [2.24, 2.45) is 5.92 Å². The number of hydrogen-bond donors (Lipinski definition) is 0. The number of rotatable bonds is 5. The van der Waals surface area contributed by atoms with E-state index < -0.39 is 0 Å². The van der Waals surface area contributed by atoms with Crippen molar-refractivity contribution >= 4 is 11.8 Å². The minimum absolute atomic E-state index is 0.0465. The van der Waals surface area contributed by atoms with Crippen LogP contribution in [0.1, 0.15) is 61.8 Å². The van der Waals surface area contributed by atoms with E-state index >= 15 is 0 Å². The number of benzene rings is 2. The zero-order valence-corrected chi connectivity index (χ0v) is 15.8. The fourth-order valence-corrected chi connectivity index (χ4v) is 4.12. The highest BCUT2D eigenvalue weighted by molar-refractivity contribution is 5.98. The molecule has 136 valence electrons. The summed E-state index contributed by atoms with van der Waals surface area (Å²) in [5, 5.41) is 0. The number of hydrogen-bond acceptors (Lipinski definition) is 2. The summed E-state index contributed by atoms with van der Waals surface area (Å²) in [6.07, 6.45) is 2.02. The van der Waals surface area contributed by atoms with Gasteiger partial charge in [0.15, 0.2) is 0 Å². The molecule has 0 aliphatic carbocycles. The van der Waals surface area contributed by atoms with E-state index in [9.17, 15) is 9.59 Å². The third-order valence-corrected chi connectivity index (χ3v) is 5.54. The summed E-state index contributed by atoms with van der Waals surface area (Å²) >= 11 is 0. The van der Waals surface area contributed by atoms with Gasteiger partial charge in [-0.25, -0.2) is 0 Å². The Morgan fingerprint density at radius 1 is 1.15 bits per heavy atom. The zero-order valence-electron chi connectivity index (χ0n) is 15.8. The molecule has 0 N–H and O–H groups in total. The highest BCUT2D eigenvalue weighted by atomic mass is 16.2. The van der Waals surface area contributed by atoms with E-state index in [1.807, 2.05) is 43.3 Å². The number of likely N-dealkylation sites (tertiary alicyclic amines) is 1. The van der Waals surface area contributed by atoms with Gasteiger partial charge in [-0.2, -0.15) is 0 Å². The monoisotopic (exact) mass is 349 g/mol. The number of carbonyl (C=O) groups is 2. The number of aryl methyl sites for hydroxylation is 1. The Hall–Kier alpha value is -2.42. The Bertz CT molecular complexity index is 784. The van der Waals surface area contributed by atoms with E-state index in [4.69, 9.17) is 0 Å². The van der Waals surface area contributed by atoms with Crippen LogP contribution < -0.4 is 0 Å². The average Bonchev–Trinajstić information content (AvgIpc) is 3.04. The zero-order chi connectivity index (χ0) is 18.7. The first-order chi connectivity index (χ1) is 12.5. The first-order valence-electron chi connectivity index (χ1n) is 9.50. The third-order valence-electron chi connectivity index (χ3n) is 5.54. The largest absolute Gasteiger partial charge is 0.275 e. The van der Waals surface area contributed by atoms with E-state index in [2.05, 4.69) is 32.0 Å². The maximum absolute atomic E-state index is 13.3. The van der Waals surface area contributed by atoms with Crippen molar-refractivity contribution in [3.05, 3.63) is 71.3 Å². The van der Waals surface area contributed by atoms with Gasteiger partial charge in [0.25, 0.3) is 0 Å². The van der Waals surface area contributed by atoms with Crippen LogP contribution in [-0.2, 0) is 9.59 Å². The van der Waals surface area contributed by atoms with Crippen LogP contribution in [0.5, 0.6) is 0 Å². The minimum Gasteiger partial charge on any atom is -0.275 e. The topological polar surface area (TPSA) is 37.4 Å². The molecule has 0 spiro atoms. The minimum atomic E-state index is -0.227. The van der Waals surface area contributed by atoms with Gasteiger partial charge in [0.05, 0.1) is 6.04 Å². The third kappa shape index (κ3) is 3.57. The summed E-state index contributed by atoms with van der Waals surface area (Å²) in [7, 11) is 0. The van der Waals surface area contributed by atoms with Crippen LogP contribution in [0.3, 0.4) is 0 Å². The van der Waals surface area contributed by atoms with Crippen molar-refractivity contribution in [2.75, 3.05) is 0 Å². The lowest BCUT2D eigenvalue weighted by Crippen LogP contribution is -2.39. The second-order valence-electron chi connectivity index (χ2n) is 7.28. The summed E-state index contributed by atoms with van der Waals surface area (Å²) in [6, 6.07) is 18.1. The molecule has 3 nitrogen and oxygen atoms in total. The summed E-state index contributed by atoms with van der Waals surface area (Å²) in [6.45, 7) is 6.14. The fourth-order valence-electron chi connectivity index (χ4n) is 4.12. The van der Waals surface area contributed by atoms with Crippen LogP contribution in [0.15, 0.2) is 54.6 Å². The lowest BCUT2D eigenvalue weighted by molar-refractivity contribution is -0.147. The van der Waals surface area contributed by atoms with Gasteiger partial charge in [-0.1, -0.05) is 74.0 Å². The number of carbonyl (C=O) groups excluding carboxylic acids is 2. The number of amides is 2. The summed E-state index contributed by atoms with van der Waals surface area (Å²) in [5.74, 6) is -0.202. The molecule has 2 aromatic rings. The van der Waals surface area contributed by atoms with Gasteiger partial charge < -0.3 is 0 Å². The molecule has 3 atom stereocenters. The maximum atomic E-state index is 13.3. The highest BCUT2D eigenvalue weighted by Crippen LogP contribution is 2.37. The molecule has 0 radical (unpaired) electrons. The van der Waals surface area contributed by atoms with E-state index in [0.29, 0.717) is 12.8 Å². The molecule has 1 heterocycles. The van der Waals surface area contributed by atoms with Crippen molar-refractivity contribution in [3.63, 3.8) is 0 Å². The lowest BCUT2D eigenvalue weighted by Gasteiger charge is -2.30. The van der Waals surface area contributed by atoms with Gasteiger partial charge >= 0.3 is 0 Å². The quantitative estimate of drug-likeness (QED) is 0.760. The SMILES string of the molecule is CC[C@@H](c1cccc(C)c1)[C@@H](C)C(=O)N1C(=O)CC[C@H]1c1ccccc1. The average molecular weight is 349 g/mol. The van der Waals surface area contributed by atoms with Crippen LogP contribution in [0.2, 0.25) is 0 Å². The van der Waals surface area contributed by atoms with Crippen molar-refractivity contribution in [2.45, 2.75) is 52.0 Å². The van der Waals surface area contributed by atoms with Crippen LogP contribution in [-0.4, -0.2) is 16.7 Å². The second-order valence-corrected chi connectivity index (χ2v) is 7.28. The second kappa shape index (κ2) is 7.86. The van der Waals surface area contributed by atoms with Crippen molar-refractivity contribution in [1.29, 1.82) is 0 Å². The fraction of sp³-hybridized carbons (Fsp3) is 0.391. The highest BCUT2D eigenvalue weighted by Gasteiger charge is 2.40. The summed E-state index contributed by atoms with van der Waals surface area (Å²) in [4.78, 5) is 27.3. The molecule has 0 saturated carbocycles. The Labute approximate surface area is 156 Å². The van der Waals surface area contributed by atoms with Crippen molar-refractivity contribution in [3.8, 4) is 0 Å². The predicted octanol–water partition coefficient (Wildman–Crippen LogP) is 5.02. The molecule has 2 amide bonds. The molecule has 2 aromatic carbocycles. The molecule has 0 unspecified atom stereocenters. The van der Waals surface area contributed by atoms with Gasteiger partial charge in [0, 0.05) is 12.3 Å². The standard InChI is InChI=1S/C23H27NO2/c1-4-20(19-12-8-9-16(2)15-19)17(3)23(26)24-21(13-14-22(24)25)18-10-6-5-7-11-18/h5-12,15,17,20-21H,4,13-14H2,1-3H3/t17-,20-,21+/m1/s1. The van der Waals surface area contributed by atoms with Gasteiger partial charge in [-0.05, 0) is 36.8 Å². The van der Waals surface area contributed by atoms with Crippen molar-refractivity contribution < 1.29 is 9.59 Å². The molecule has 3 rings (SSSR count). The van der Waals surface area contributed by atoms with Gasteiger partial charge in [0.2, 0.25) is 11.8 Å². The van der Waals surface area contributed by atoms with Crippen molar-refractivity contribution in [1.82, 2.24) is 4.90 Å². The lowest BCUT2D eigenvalue weighted by atomic mass is 9.83. The van der Waals surface area contributed by atoms with Crippen LogP contribution in [0.4, 0.5) is 0 Å². The van der Waals surface area contributed by atoms with E-state index in [-0.39, 0.29) is 29.7 Å². The maximum Gasteiger partial charge on any atom is 0.233 e. The number of nitrogens with zero attached hydrogens (tertiary/aromatic N) is 1. The molecule has 0 bridgehead atoms. The Morgan fingerprint density at radius 2 is 1.88 bits per heavy atom. The van der Waals surface area contributed by atoms with Gasteiger partial charge in [-0.3, -0.25) is 14.5 Å². The molecule has 26 heavy (non-hydrogen) atoms. The number of imide groups is 1. The first kappa shape index (κ1) is 18.4. The molecule has 1 aliphatic rings. The molecule has 1 aliphatic heterocycles. The molecule has 0 aromatic heterocycles. The van der Waals surface area contributed by atoms with Gasteiger partial charge in [0.1, 0.15) is 0 Å². The van der Waals surface area contributed by atoms with Crippen LogP contribution in [0.25, 0.3) is 0 Å². The Kier molecular flexibility index (Phi) is 5.55. The Balaban J connectivity index is 1.87. The smallest absolute Gasteiger partial charge is 0.233 e. The van der Waals surface area contributed by atoms with Crippen LogP contribution >= 0.6 is 0 Å². The molecular weight excluding hydrogens is 322 g/mol.